The summed E-state index contributed by atoms with van der Waals surface area (Å²) in [4.78, 5) is 69.9. The maximum Gasteiger partial charge on any atom is 1.00 e. The first-order valence-electron chi connectivity index (χ1n) is 12.8. The molecule has 0 fully saturated rings. The summed E-state index contributed by atoms with van der Waals surface area (Å²) in [5.74, 6) is -1.68. The van der Waals surface area contributed by atoms with Gasteiger partial charge in [0.2, 0.25) is 0 Å². The number of hydrogen-bond donors (Lipinski definition) is 3. The van der Waals surface area contributed by atoms with E-state index in [9.17, 15) is 29.1 Å². The molecule has 0 radical (unpaired) electrons. The van der Waals surface area contributed by atoms with E-state index in [1.54, 1.807) is 53.7 Å². The maximum atomic E-state index is 13.9. The first-order valence-corrected chi connectivity index (χ1v) is 14.3. The fraction of sp³-hybridized carbons (Fsp3) is 0.222. The summed E-state index contributed by atoms with van der Waals surface area (Å²) in [5, 5.41) is 15.2. The van der Waals surface area contributed by atoms with Crippen LogP contribution in [0.4, 0.5) is 10.5 Å². The molecule has 0 bridgehead atoms. The fourth-order valence-corrected chi connectivity index (χ4v) is 5.47. The molecule has 220 valence electrons. The Balaban J connectivity index is 0.00000264. The Morgan fingerprint density at radius 1 is 1.05 bits per heavy atom. The van der Waals surface area contributed by atoms with Gasteiger partial charge in [-0.3, -0.25) is 24.2 Å². The zero-order valence-electron chi connectivity index (χ0n) is 24.5. The number of non-ortho nitro benzene ring substituents is 1. The summed E-state index contributed by atoms with van der Waals surface area (Å²) in [6.07, 6.45) is 2.18. The third-order valence-electron chi connectivity index (χ3n) is 7.06. The topological polar surface area (TPSA) is 186 Å². The van der Waals surface area contributed by atoms with E-state index in [1.165, 1.54) is 12.1 Å². The minimum atomic E-state index is -4.61. The van der Waals surface area contributed by atoms with Gasteiger partial charge in [0, 0.05) is 60.8 Å². The zero-order valence-corrected chi connectivity index (χ0v) is 26.4. The second-order valence-corrected chi connectivity index (χ2v) is 11.0. The predicted molar refractivity (Wildman–Crippen MR) is 153 cm³/mol. The van der Waals surface area contributed by atoms with Crippen molar-refractivity contribution in [2.75, 3.05) is 13.2 Å². The number of amides is 4. The van der Waals surface area contributed by atoms with E-state index in [4.69, 9.17) is 9.79 Å². The van der Waals surface area contributed by atoms with Crippen molar-refractivity contribution in [1.29, 1.82) is 0 Å². The predicted octanol–water partition coefficient (Wildman–Crippen LogP) is 0.573. The number of nitro benzene ring substituents is 1. The molecule has 3 N–H and O–H groups in total. The Hall–Kier alpha value is -3.62. The van der Waals surface area contributed by atoms with Crippen LogP contribution in [0.15, 0.2) is 54.7 Å². The Bertz CT molecular complexity index is 1880. The van der Waals surface area contributed by atoms with Gasteiger partial charge in [-0.2, -0.15) is 4.90 Å². The van der Waals surface area contributed by atoms with Crippen LogP contribution in [0.3, 0.4) is 0 Å². The largest absolute Gasteiger partial charge is 1.00 e. The molecule has 1 aliphatic heterocycles. The van der Waals surface area contributed by atoms with Crippen LogP contribution in [-0.2, 0) is 32.8 Å². The number of carbonyl (C=O) groups is 3. The van der Waals surface area contributed by atoms with Crippen molar-refractivity contribution in [2.24, 2.45) is 14.1 Å². The fourth-order valence-electron chi connectivity index (χ4n) is 5.10. The van der Waals surface area contributed by atoms with E-state index in [0.29, 0.717) is 32.4 Å². The molecule has 4 amide bonds. The number of phosphoric acid groups is 1. The van der Waals surface area contributed by atoms with Crippen molar-refractivity contribution in [3.8, 4) is 0 Å². The first kappa shape index (κ1) is 32.3. The Morgan fingerprint density at radius 2 is 1.74 bits per heavy atom. The number of benzene rings is 2. The van der Waals surface area contributed by atoms with Crippen molar-refractivity contribution in [3.05, 3.63) is 76.1 Å². The summed E-state index contributed by atoms with van der Waals surface area (Å²) in [7, 11) is -1.19. The van der Waals surface area contributed by atoms with E-state index in [-0.39, 0.29) is 73.8 Å². The van der Waals surface area contributed by atoms with Gasteiger partial charge in [0.1, 0.15) is 0 Å². The molecule has 2 aromatic carbocycles. The minimum Gasteiger partial charge on any atom is -1.00 e. The number of fused-ring (bicyclic) bond motifs is 2. The van der Waals surface area contributed by atoms with Gasteiger partial charge < -0.3 is 25.7 Å². The number of aromatic nitrogens is 2. The van der Waals surface area contributed by atoms with Crippen LogP contribution in [0.25, 0.3) is 33.0 Å². The Morgan fingerprint density at radius 3 is 2.44 bits per heavy atom. The SMILES string of the molecule is Cn1cc(C2=C(c3cc4ccc([N+](=O)[O-])cc4n3C)C(=O)N(C(=O)NCCCCOP(=O)(O)O)C2=O)c2ccccc21.[H-].[Na+]. The van der Waals surface area contributed by atoms with Crippen molar-refractivity contribution in [3.63, 3.8) is 0 Å². The molecule has 0 atom stereocenters. The Labute approximate surface area is 268 Å². The number of unbranched alkanes of at least 4 members (excludes halogenated alkanes) is 1. The van der Waals surface area contributed by atoms with Crippen molar-refractivity contribution < 1.29 is 69.2 Å². The van der Waals surface area contributed by atoms with Crippen molar-refractivity contribution in [1.82, 2.24) is 19.4 Å². The van der Waals surface area contributed by atoms with Crippen LogP contribution in [0.2, 0.25) is 0 Å². The second kappa shape index (κ2) is 12.5. The quantitative estimate of drug-likeness (QED) is 0.0602. The molecule has 5 rings (SSSR count). The van der Waals surface area contributed by atoms with Crippen LogP contribution in [0.1, 0.15) is 25.5 Å². The molecule has 3 heterocycles. The molecule has 0 spiro atoms. The van der Waals surface area contributed by atoms with Gasteiger partial charge in [0.15, 0.2) is 0 Å². The van der Waals surface area contributed by atoms with Gasteiger partial charge in [-0.25, -0.2) is 9.36 Å². The molecule has 0 aliphatic carbocycles. The van der Waals surface area contributed by atoms with E-state index < -0.39 is 30.6 Å². The summed E-state index contributed by atoms with van der Waals surface area (Å²) in [6, 6.07) is 12.3. The van der Waals surface area contributed by atoms with Gasteiger partial charge in [0.05, 0.1) is 33.9 Å². The van der Waals surface area contributed by atoms with Crippen LogP contribution >= 0.6 is 7.82 Å². The molecule has 43 heavy (non-hydrogen) atoms. The minimum absolute atomic E-state index is 0. The maximum absolute atomic E-state index is 13.9. The van der Waals surface area contributed by atoms with Gasteiger partial charge in [-0.15, -0.1) is 0 Å². The number of hydrogen-bond acceptors (Lipinski definition) is 7. The van der Waals surface area contributed by atoms with Crippen molar-refractivity contribution >= 4 is 64.3 Å². The van der Waals surface area contributed by atoms with Gasteiger partial charge in [-0.1, -0.05) is 18.2 Å². The van der Waals surface area contributed by atoms with Gasteiger partial charge in [-0.05, 0) is 31.0 Å². The zero-order chi connectivity index (χ0) is 30.3. The summed E-state index contributed by atoms with van der Waals surface area (Å²) in [6.45, 7) is -0.227. The molecule has 4 aromatic rings. The third kappa shape index (κ3) is 6.22. The first-order chi connectivity index (χ1) is 19.9. The van der Waals surface area contributed by atoms with E-state index in [2.05, 4.69) is 9.84 Å². The third-order valence-corrected chi connectivity index (χ3v) is 7.57. The molecule has 0 saturated heterocycles. The number of nitro groups is 1. The molecule has 14 nitrogen and oxygen atoms in total. The average Bonchev–Trinajstić information content (AvgIpc) is 3.53. The summed E-state index contributed by atoms with van der Waals surface area (Å²) < 4.78 is 18.6. The van der Waals surface area contributed by atoms with E-state index in [0.717, 1.165) is 5.52 Å². The van der Waals surface area contributed by atoms with Crippen LogP contribution < -0.4 is 34.9 Å². The smallest absolute Gasteiger partial charge is 1.00 e. The average molecular weight is 620 g/mol. The van der Waals surface area contributed by atoms with Crippen LogP contribution in [0, 0.1) is 10.1 Å². The molecular formula is C27H27N5NaO9P. The number of carbonyl (C=O) groups excluding carboxylic acids is 3. The normalized spacial score (nSPS) is 13.7. The Kier molecular flexibility index (Phi) is 9.42. The number of rotatable bonds is 9. The number of nitrogens with one attached hydrogen (secondary N) is 1. The van der Waals surface area contributed by atoms with Crippen LogP contribution in [0.5, 0.6) is 0 Å². The number of para-hydroxylation sites is 1. The van der Waals surface area contributed by atoms with E-state index >= 15 is 0 Å². The summed E-state index contributed by atoms with van der Waals surface area (Å²) >= 11 is 0. The molecule has 0 unspecified atom stereocenters. The van der Waals surface area contributed by atoms with E-state index in [1.807, 2.05) is 12.1 Å². The molecular weight excluding hydrogens is 592 g/mol. The van der Waals surface area contributed by atoms with Crippen LogP contribution in [-0.4, -0.2) is 59.7 Å². The molecule has 0 saturated carbocycles. The standard InChI is InChI=1S/C27H26N5O9P.Na.H/c1-29-15-19(18-7-3-4-8-20(18)29)23-24(22-13-16-9-10-17(32(36)37)14-21(16)30(22)2)26(34)31(25(23)33)27(35)28-11-5-6-12-41-42(38,39)40;;/h3-4,7-10,13-15H,5-6,11-12H2,1-2H3,(H,28,35)(H2,38,39,40);;/q;+1;-1. The second-order valence-electron chi connectivity index (χ2n) is 9.72. The summed E-state index contributed by atoms with van der Waals surface area (Å²) in [5.41, 5.74) is 1.86. The van der Waals surface area contributed by atoms with Crippen molar-refractivity contribution in [2.45, 2.75) is 12.8 Å². The number of nitrogens with zero attached hydrogens (tertiary/aromatic N) is 4. The van der Waals surface area contributed by atoms with Gasteiger partial charge in [0.25, 0.3) is 17.5 Å². The number of urea groups is 1. The molecule has 16 heteroatoms. The number of aryl methyl sites for hydroxylation is 2. The van der Waals surface area contributed by atoms with Gasteiger partial charge >= 0.3 is 43.4 Å². The molecule has 1 aliphatic rings. The molecule has 2 aromatic heterocycles. The monoisotopic (exact) mass is 619 g/mol. The number of phosphoric ester groups is 1. The number of imide groups is 3.